The van der Waals surface area contributed by atoms with Crippen molar-refractivity contribution in [1.29, 1.82) is 0 Å². The van der Waals surface area contributed by atoms with E-state index in [9.17, 15) is 9.18 Å². The molecule has 1 heterocycles. The van der Waals surface area contributed by atoms with Crippen LogP contribution in [0.15, 0.2) is 78.0 Å². The molecule has 186 valence electrons. The highest BCUT2D eigenvalue weighted by molar-refractivity contribution is 7.99. The van der Waals surface area contributed by atoms with Crippen molar-refractivity contribution in [3.63, 3.8) is 0 Å². The Bertz CT molecular complexity index is 1330. The smallest absolute Gasteiger partial charge is 0.234 e. The van der Waals surface area contributed by atoms with E-state index in [1.807, 2.05) is 54.0 Å². The first-order valence-corrected chi connectivity index (χ1v) is 12.8. The number of rotatable bonds is 9. The van der Waals surface area contributed by atoms with Crippen molar-refractivity contribution in [2.75, 3.05) is 11.1 Å². The summed E-state index contributed by atoms with van der Waals surface area (Å²) >= 11 is 6.98. The van der Waals surface area contributed by atoms with Gasteiger partial charge in [-0.25, -0.2) is 4.39 Å². The lowest BCUT2D eigenvalue weighted by Crippen LogP contribution is -2.16. The van der Waals surface area contributed by atoms with E-state index in [-0.39, 0.29) is 22.4 Å². The van der Waals surface area contributed by atoms with Gasteiger partial charge in [0.25, 0.3) is 0 Å². The molecule has 4 rings (SSSR count). The molecule has 1 atom stereocenters. The molecule has 0 aliphatic heterocycles. The zero-order valence-electron chi connectivity index (χ0n) is 20.1. The highest BCUT2D eigenvalue weighted by Crippen LogP contribution is 2.29. The highest BCUT2D eigenvalue weighted by Gasteiger charge is 2.22. The van der Waals surface area contributed by atoms with Crippen molar-refractivity contribution >= 4 is 35.0 Å². The number of hydrogen-bond acceptors (Lipinski definition) is 5. The van der Waals surface area contributed by atoms with Crippen molar-refractivity contribution in [2.24, 2.45) is 0 Å². The third kappa shape index (κ3) is 6.25. The Morgan fingerprint density at radius 1 is 1.06 bits per heavy atom. The van der Waals surface area contributed by atoms with Gasteiger partial charge < -0.3 is 10.1 Å². The second-order valence-corrected chi connectivity index (χ2v) is 9.84. The Balaban J connectivity index is 1.52. The second kappa shape index (κ2) is 11.6. The summed E-state index contributed by atoms with van der Waals surface area (Å²) in [5, 5.41) is 12.1. The molecule has 0 radical (unpaired) electrons. The molecule has 1 N–H and O–H groups in total. The first-order chi connectivity index (χ1) is 17.3. The van der Waals surface area contributed by atoms with Gasteiger partial charge in [0.05, 0.1) is 11.4 Å². The number of amides is 1. The Kier molecular flexibility index (Phi) is 8.28. The number of hydrogen-bond donors (Lipinski definition) is 1. The van der Waals surface area contributed by atoms with Gasteiger partial charge >= 0.3 is 0 Å². The number of benzene rings is 3. The monoisotopic (exact) mass is 524 g/mol. The Morgan fingerprint density at radius 2 is 1.78 bits per heavy atom. The zero-order valence-corrected chi connectivity index (χ0v) is 21.7. The number of halogens is 2. The number of nitrogens with zero attached hydrogens (tertiary/aromatic N) is 3. The molecule has 0 aliphatic carbocycles. The molecule has 3 aromatic carbocycles. The summed E-state index contributed by atoms with van der Waals surface area (Å²) < 4.78 is 22.1. The molecule has 0 spiro atoms. The summed E-state index contributed by atoms with van der Waals surface area (Å²) in [6.45, 7) is 6.20. The normalized spacial score (nSPS) is 11.9. The van der Waals surface area contributed by atoms with Crippen LogP contribution in [0.3, 0.4) is 0 Å². The van der Waals surface area contributed by atoms with Crippen LogP contribution in [-0.2, 0) is 4.79 Å². The van der Waals surface area contributed by atoms with Crippen LogP contribution in [0, 0.1) is 5.82 Å². The third-order valence-corrected chi connectivity index (χ3v) is 6.60. The van der Waals surface area contributed by atoms with E-state index in [0.717, 1.165) is 17.5 Å². The lowest BCUT2D eigenvalue weighted by Gasteiger charge is -2.17. The predicted molar refractivity (Wildman–Crippen MR) is 142 cm³/mol. The number of carbonyl (C=O) groups is 1. The fraction of sp³-hybridized carbons (Fsp3) is 0.222. The van der Waals surface area contributed by atoms with E-state index in [4.69, 9.17) is 16.3 Å². The minimum atomic E-state index is -0.594. The molecule has 1 unspecified atom stereocenters. The van der Waals surface area contributed by atoms with Crippen LogP contribution >= 0.6 is 23.4 Å². The standard InChI is InChI=1S/C27H26ClFN4O2S/c1-17(2)19-9-12-22(13-10-19)35-18(3)26-31-32-27(33(26)21-7-5-4-6-8-21)36-16-25(34)30-24-14-11-20(28)15-23(24)29/h4-15,17-18H,16H2,1-3H3,(H,30,34). The molecule has 0 saturated heterocycles. The van der Waals surface area contributed by atoms with Gasteiger partial charge in [-0.2, -0.15) is 0 Å². The van der Waals surface area contributed by atoms with Crippen LogP contribution in [0.5, 0.6) is 5.75 Å². The molecular weight excluding hydrogens is 499 g/mol. The maximum atomic E-state index is 14.0. The number of anilines is 1. The number of ether oxygens (including phenoxy) is 1. The Hall–Kier alpha value is -3.36. The Morgan fingerprint density at radius 3 is 2.44 bits per heavy atom. The summed E-state index contributed by atoms with van der Waals surface area (Å²) in [4.78, 5) is 12.5. The van der Waals surface area contributed by atoms with E-state index in [0.29, 0.717) is 16.9 Å². The molecule has 0 aliphatic rings. The van der Waals surface area contributed by atoms with E-state index in [1.165, 1.54) is 29.5 Å². The molecule has 9 heteroatoms. The highest BCUT2D eigenvalue weighted by atomic mass is 35.5. The van der Waals surface area contributed by atoms with Crippen LogP contribution in [0.2, 0.25) is 5.02 Å². The number of carbonyl (C=O) groups excluding carboxylic acids is 1. The zero-order chi connectivity index (χ0) is 25.7. The number of para-hydroxylation sites is 1. The third-order valence-electron chi connectivity index (χ3n) is 5.43. The molecule has 36 heavy (non-hydrogen) atoms. The van der Waals surface area contributed by atoms with E-state index < -0.39 is 11.9 Å². The maximum Gasteiger partial charge on any atom is 0.234 e. The SMILES string of the molecule is CC(C)c1ccc(OC(C)c2nnc(SCC(=O)Nc3ccc(Cl)cc3F)n2-c2ccccc2)cc1. The largest absolute Gasteiger partial charge is 0.483 e. The van der Waals surface area contributed by atoms with Gasteiger partial charge in [0.15, 0.2) is 17.1 Å². The van der Waals surface area contributed by atoms with Gasteiger partial charge in [-0.15, -0.1) is 10.2 Å². The number of aromatic nitrogens is 3. The quantitative estimate of drug-likeness (QED) is 0.237. The average molecular weight is 525 g/mol. The molecule has 6 nitrogen and oxygen atoms in total. The lowest BCUT2D eigenvalue weighted by atomic mass is 10.0. The van der Waals surface area contributed by atoms with Crippen LogP contribution in [0.4, 0.5) is 10.1 Å². The first kappa shape index (κ1) is 25.7. The molecule has 1 aromatic heterocycles. The van der Waals surface area contributed by atoms with Gasteiger partial charge in [0.1, 0.15) is 11.6 Å². The maximum absolute atomic E-state index is 14.0. The number of thioether (sulfide) groups is 1. The van der Waals surface area contributed by atoms with Gasteiger partial charge in [0.2, 0.25) is 5.91 Å². The van der Waals surface area contributed by atoms with Gasteiger partial charge in [-0.3, -0.25) is 9.36 Å². The summed E-state index contributed by atoms with van der Waals surface area (Å²) in [6.07, 6.45) is -0.408. The van der Waals surface area contributed by atoms with Crippen LogP contribution in [-0.4, -0.2) is 26.4 Å². The lowest BCUT2D eigenvalue weighted by molar-refractivity contribution is -0.113. The minimum Gasteiger partial charge on any atom is -0.483 e. The average Bonchev–Trinajstić information content (AvgIpc) is 3.29. The topological polar surface area (TPSA) is 69.0 Å². The van der Waals surface area contributed by atoms with Crippen LogP contribution in [0.1, 0.15) is 44.2 Å². The van der Waals surface area contributed by atoms with Gasteiger partial charge in [0, 0.05) is 10.7 Å². The van der Waals surface area contributed by atoms with Crippen molar-refractivity contribution < 1.29 is 13.9 Å². The van der Waals surface area contributed by atoms with Gasteiger partial charge in [-0.05, 0) is 60.9 Å². The summed E-state index contributed by atoms with van der Waals surface area (Å²) in [5.41, 5.74) is 2.15. The van der Waals surface area contributed by atoms with Crippen molar-refractivity contribution in [3.8, 4) is 11.4 Å². The molecule has 0 saturated carbocycles. The second-order valence-electron chi connectivity index (χ2n) is 8.46. The van der Waals surface area contributed by atoms with Crippen molar-refractivity contribution in [1.82, 2.24) is 14.8 Å². The van der Waals surface area contributed by atoms with E-state index in [2.05, 4.69) is 41.5 Å². The van der Waals surface area contributed by atoms with Crippen molar-refractivity contribution in [3.05, 3.63) is 95.0 Å². The summed E-state index contributed by atoms with van der Waals surface area (Å²) in [5.74, 6) is 0.807. The molecule has 0 bridgehead atoms. The summed E-state index contributed by atoms with van der Waals surface area (Å²) in [7, 11) is 0. The fourth-order valence-corrected chi connectivity index (χ4v) is 4.47. The van der Waals surface area contributed by atoms with E-state index >= 15 is 0 Å². The molecule has 0 fully saturated rings. The summed E-state index contributed by atoms with van der Waals surface area (Å²) in [6, 6.07) is 21.7. The fourth-order valence-electron chi connectivity index (χ4n) is 3.55. The number of nitrogens with one attached hydrogen (secondary N) is 1. The Labute approximate surface area is 218 Å². The molecule has 1 amide bonds. The first-order valence-electron chi connectivity index (χ1n) is 11.5. The van der Waals surface area contributed by atoms with Crippen LogP contribution in [0.25, 0.3) is 5.69 Å². The molecular formula is C27H26ClFN4O2S. The van der Waals surface area contributed by atoms with Gasteiger partial charge in [-0.1, -0.05) is 67.5 Å². The van der Waals surface area contributed by atoms with Crippen molar-refractivity contribution in [2.45, 2.75) is 37.9 Å². The van der Waals surface area contributed by atoms with Crippen LogP contribution < -0.4 is 10.1 Å². The molecule has 4 aromatic rings. The van der Waals surface area contributed by atoms with E-state index in [1.54, 1.807) is 0 Å². The minimum absolute atomic E-state index is 0.0128. The predicted octanol–water partition coefficient (Wildman–Crippen LogP) is 7.05.